The van der Waals surface area contributed by atoms with Gasteiger partial charge in [-0.1, -0.05) is 11.6 Å². The van der Waals surface area contributed by atoms with Crippen LogP contribution in [0.25, 0.3) is 0 Å². The molecule has 2 aliphatic heterocycles. The minimum Gasteiger partial charge on any atom is -0.495 e. The Bertz CT molecular complexity index is 788. The lowest BCUT2D eigenvalue weighted by molar-refractivity contribution is -0.122. The molecular formula is C18H19ClN2O3. The molecule has 1 aromatic heterocycles. The number of halogens is 1. The maximum atomic E-state index is 12.9. The van der Waals surface area contributed by atoms with Gasteiger partial charge in [0.1, 0.15) is 17.3 Å². The summed E-state index contributed by atoms with van der Waals surface area (Å²) in [4.78, 5) is 16.9. The van der Waals surface area contributed by atoms with Gasteiger partial charge in [-0.15, -0.1) is 0 Å². The van der Waals surface area contributed by atoms with Gasteiger partial charge in [-0.05, 0) is 43.7 Å². The van der Waals surface area contributed by atoms with Crippen LogP contribution in [0, 0.1) is 6.92 Å². The van der Waals surface area contributed by atoms with Gasteiger partial charge in [0.15, 0.2) is 0 Å². The number of methoxy groups -OCH3 is 1. The van der Waals surface area contributed by atoms with E-state index >= 15 is 0 Å². The molecule has 5 nitrogen and oxygen atoms in total. The van der Waals surface area contributed by atoms with Gasteiger partial charge in [-0.3, -0.25) is 9.69 Å². The first-order chi connectivity index (χ1) is 11.6. The molecule has 3 heterocycles. The lowest BCUT2D eigenvalue weighted by Gasteiger charge is -2.34. The van der Waals surface area contributed by atoms with E-state index in [4.69, 9.17) is 20.8 Å². The summed E-state index contributed by atoms with van der Waals surface area (Å²) in [6.45, 7) is 3.42. The molecule has 2 aliphatic rings. The molecule has 24 heavy (non-hydrogen) atoms. The maximum absolute atomic E-state index is 12.9. The van der Waals surface area contributed by atoms with Crippen LogP contribution in [0.5, 0.6) is 5.75 Å². The van der Waals surface area contributed by atoms with E-state index in [2.05, 4.69) is 4.90 Å². The Morgan fingerprint density at radius 2 is 2.17 bits per heavy atom. The van der Waals surface area contributed by atoms with Gasteiger partial charge in [0.25, 0.3) is 0 Å². The number of ether oxygens (including phenoxy) is 1. The zero-order valence-corrected chi connectivity index (χ0v) is 14.4. The number of carbonyl (C=O) groups is 1. The Labute approximate surface area is 145 Å². The summed E-state index contributed by atoms with van der Waals surface area (Å²) >= 11 is 6.12. The highest BCUT2D eigenvalue weighted by atomic mass is 35.5. The molecule has 4 rings (SSSR count). The molecule has 0 N–H and O–H groups in total. The van der Waals surface area contributed by atoms with E-state index in [0.29, 0.717) is 17.3 Å². The van der Waals surface area contributed by atoms with E-state index in [9.17, 15) is 4.79 Å². The van der Waals surface area contributed by atoms with E-state index in [0.717, 1.165) is 30.2 Å². The number of piperazine rings is 1. The number of hydrogen-bond donors (Lipinski definition) is 0. The average molecular weight is 347 g/mol. The van der Waals surface area contributed by atoms with Crippen molar-refractivity contribution in [2.24, 2.45) is 0 Å². The van der Waals surface area contributed by atoms with E-state index in [-0.39, 0.29) is 18.0 Å². The summed E-state index contributed by atoms with van der Waals surface area (Å²) in [6.07, 6.45) is 0.828. The summed E-state index contributed by atoms with van der Waals surface area (Å²) in [6, 6.07) is 9.35. The van der Waals surface area contributed by atoms with Crippen molar-refractivity contribution in [1.82, 2.24) is 4.90 Å². The van der Waals surface area contributed by atoms with Gasteiger partial charge in [-0.25, -0.2) is 0 Å². The molecule has 2 bridgehead atoms. The van der Waals surface area contributed by atoms with Crippen LogP contribution in [0.1, 0.15) is 17.9 Å². The molecule has 0 saturated carbocycles. The molecule has 2 fully saturated rings. The molecular weight excluding hydrogens is 328 g/mol. The topological polar surface area (TPSA) is 45.9 Å². The number of benzene rings is 1. The highest BCUT2D eigenvalue weighted by Crippen LogP contribution is 2.41. The van der Waals surface area contributed by atoms with Crippen LogP contribution in [-0.4, -0.2) is 36.5 Å². The van der Waals surface area contributed by atoms with Crippen molar-refractivity contribution in [2.45, 2.75) is 32.0 Å². The molecule has 0 aliphatic carbocycles. The molecule has 2 aromatic rings. The molecule has 2 saturated heterocycles. The fraction of sp³-hybridized carbons (Fsp3) is 0.389. The summed E-state index contributed by atoms with van der Waals surface area (Å²) in [5.41, 5.74) is 0.760. The predicted molar refractivity (Wildman–Crippen MR) is 91.5 cm³/mol. The van der Waals surface area contributed by atoms with Gasteiger partial charge in [0.05, 0.1) is 31.4 Å². The Kier molecular flexibility index (Phi) is 3.77. The second-order valence-corrected chi connectivity index (χ2v) is 6.81. The summed E-state index contributed by atoms with van der Waals surface area (Å²) in [7, 11) is 1.61. The first-order valence-electron chi connectivity index (χ1n) is 8.03. The highest BCUT2D eigenvalue weighted by Gasteiger charge is 2.50. The van der Waals surface area contributed by atoms with Gasteiger partial charge in [0.2, 0.25) is 5.91 Å². The number of furan rings is 1. The van der Waals surface area contributed by atoms with E-state index in [1.165, 1.54) is 0 Å². The molecule has 1 amide bonds. The quantitative estimate of drug-likeness (QED) is 0.852. The fourth-order valence-corrected chi connectivity index (χ4v) is 3.94. The van der Waals surface area contributed by atoms with E-state index < -0.39 is 0 Å². The molecule has 0 radical (unpaired) electrons. The maximum Gasteiger partial charge on any atom is 0.244 e. The van der Waals surface area contributed by atoms with Gasteiger partial charge >= 0.3 is 0 Å². The number of likely N-dealkylation sites (tertiary alicyclic amines) is 1. The number of rotatable bonds is 4. The van der Waals surface area contributed by atoms with Crippen molar-refractivity contribution < 1.29 is 13.9 Å². The van der Waals surface area contributed by atoms with Gasteiger partial charge in [-0.2, -0.15) is 0 Å². The van der Waals surface area contributed by atoms with Crippen LogP contribution < -0.4 is 9.64 Å². The number of hydrogen-bond acceptors (Lipinski definition) is 4. The van der Waals surface area contributed by atoms with E-state index in [1.807, 2.05) is 24.0 Å². The molecule has 126 valence electrons. The number of carbonyl (C=O) groups excluding carboxylic acids is 1. The third kappa shape index (κ3) is 2.48. The second kappa shape index (κ2) is 5.83. The van der Waals surface area contributed by atoms with Crippen molar-refractivity contribution in [3.8, 4) is 5.75 Å². The Morgan fingerprint density at radius 1 is 1.33 bits per heavy atom. The van der Waals surface area contributed by atoms with Crippen molar-refractivity contribution in [2.75, 3.05) is 18.6 Å². The number of anilines is 1. The summed E-state index contributed by atoms with van der Waals surface area (Å²) < 4.78 is 11.1. The minimum absolute atomic E-state index is 0.107. The third-order valence-electron chi connectivity index (χ3n) is 4.82. The van der Waals surface area contributed by atoms with Crippen LogP contribution in [0.15, 0.2) is 34.7 Å². The zero-order chi connectivity index (χ0) is 16.8. The van der Waals surface area contributed by atoms with Crippen molar-refractivity contribution in [3.05, 3.63) is 46.9 Å². The standard InChI is InChI=1S/C18H19ClN2O3/c1-11-3-5-14(24-11)10-20-9-13-8-16(20)18(22)21(13)15-7-12(19)4-6-17(15)23-2/h3-7,13,16H,8-10H2,1-2H3/t13-,16-/m0/s1. The summed E-state index contributed by atoms with van der Waals surface area (Å²) in [5, 5.41) is 0.601. The van der Waals surface area contributed by atoms with Crippen molar-refractivity contribution >= 4 is 23.2 Å². The largest absolute Gasteiger partial charge is 0.495 e. The van der Waals surface area contributed by atoms with Crippen molar-refractivity contribution in [3.63, 3.8) is 0 Å². The Morgan fingerprint density at radius 3 is 2.83 bits per heavy atom. The average Bonchev–Trinajstić information content (AvgIpc) is 3.22. The van der Waals surface area contributed by atoms with Gasteiger partial charge in [0, 0.05) is 11.6 Å². The number of amides is 1. The Hall–Kier alpha value is -1.98. The molecule has 2 atom stereocenters. The molecule has 6 heteroatoms. The van der Waals surface area contributed by atoms with Crippen LogP contribution >= 0.6 is 11.6 Å². The van der Waals surface area contributed by atoms with Crippen LogP contribution in [-0.2, 0) is 11.3 Å². The lowest BCUT2D eigenvalue weighted by atomic mass is 10.2. The molecule has 1 aromatic carbocycles. The first-order valence-corrected chi connectivity index (χ1v) is 8.40. The number of fused-ring (bicyclic) bond motifs is 2. The minimum atomic E-state index is -0.107. The predicted octanol–water partition coefficient (Wildman–Crippen LogP) is 3.24. The van der Waals surface area contributed by atoms with E-state index in [1.54, 1.807) is 25.3 Å². The molecule has 0 unspecified atom stereocenters. The number of aryl methyl sites for hydroxylation is 1. The van der Waals surface area contributed by atoms with Crippen LogP contribution in [0.2, 0.25) is 5.02 Å². The highest BCUT2D eigenvalue weighted by molar-refractivity contribution is 6.31. The zero-order valence-electron chi connectivity index (χ0n) is 13.7. The smallest absolute Gasteiger partial charge is 0.244 e. The van der Waals surface area contributed by atoms with Crippen LogP contribution in [0.4, 0.5) is 5.69 Å². The summed E-state index contributed by atoms with van der Waals surface area (Å²) in [5.74, 6) is 2.58. The second-order valence-electron chi connectivity index (χ2n) is 6.37. The monoisotopic (exact) mass is 346 g/mol. The Balaban J connectivity index is 1.57. The number of nitrogens with zero attached hydrogens (tertiary/aromatic N) is 2. The molecule has 0 spiro atoms. The SMILES string of the molecule is COc1ccc(Cl)cc1N1C(=O)[C@@H]2C[C@H]1CN2Cc1ccc(C)o1. The van der Waals surface area contributed by atoms with Crippen molar-refractivity contribution in [1.29, 1.82) is 0 Å². The first kappa shape index (κ1) is 15.5. The third-order valence-corrected chi connectivity index (χ3v) is 5.06. The normalized spacial score (nSPS) is 23.3. The van der Waals surface area contributed by atoms with Crippen LogP contribution in [0.3, 0.4) is 0 Å². The fourth-order valence-electron chi connectivity index (χ4n) is 3.78. The van der Waals surface area contributed by atoms with Gasteiger partial charge < -0.3 is 14.1 Å². The lowest BCUT2D eigenvalue weighted by Crippen LogP contribution is -2.50.